The molecule has 0 aliphatic carbocycles. The lowest BCUT2D eigenvalue weighted by molar-refractivity contribution is -0.143. The molecule has 2 bridgehead atoms. The average molecular weight is 279 g/mol. The van der Waals surface area contributed by atoms with Crippen molar-refractivity contribution in [2.75, 3.05) is 13.6 Å². The second-order valence-corrected chi connectivity index (χ2v) is 5.17. The monoisotopic (exact) mass is 279 g/mol. The highest BCUT2D eigenvalue weighted by Crippen LogP contribution is 2.25. The molecule has 110 valence electrons. The number of fused-ring (bicyclic) bond motifs is 2. The highest BCUT2D eigenvalue weighted by Gasteiger charge is 2.38. The van der Waals surface area contributed by atoms with Crippen molar-refractivity contribution in [1.29, 1.82) is 0 Å². The number of piperazine rings is 1. The van der Waals surface area contributed by atoms with Gasteiger partial charge < -0.3 is 10.2 Å². The lowest BCUT2D eigenvalue weighted by Crippen LogP contribution is -2.62. The van der Waals surface area contributed by atoms with Crippen molar-refractivity contribution in [2.24, 2.45) is 5.84 Å². The number of rotatable bonds is 0. The van der Waals surface area contributed by atoms with Crippen LogP contribution in [0.5, 0.6) is 0 Å². The molecule has 0 unspecified atom stereocenters. The molecule has 2 atom stereocenters. The van der Waals surface area contributed by atoms with Gasteiger partial charge in [-0.15, -0.1) is 0 Å². The van der Waals surface area contributed by atoms with E-state index in [9.17, 15) is 15.0 Å². The predicted octanol–water partition coefficient (Wildman–Crippen LogP) is 0.995. The number of hydrogen-bond acceptors (Lipinski definition) is 5. The Labute approximate surface area is 118 Å². The van der Waals surface area contributed by atoms with Crippen molar-refractivity contribution in [3.05, 3.63) is 35.3 Å². The van der Waals surface area contributed by atoms with Gasteiger partial charge in [-0.25, -0.2) is 5.84 Å². The summed E-state index contributed by atoms with van der Waals surface area (Å²) >= 11 is 0. The van der Waals surface area contributed by atoms with Crippen LogP contribution in [-0.2, 0) is 4.79 Å². The number of aliphatic hydroxyl groups is 2. The quantitative estimate of drug-likeness (QED) is 0.454. The van der Waals surface area contributed by atoms with Crippen LogP contribution in [0.4, 0.5) is 0 Å². The maximum absolute atomic E-state index is 12.1. The third kappa shape index (κ3) is 2.57. The average Bonchev–Trinajstić information content (AvgIpc) is 2.42. The molecule has 2 heterocycles. The molecule has 0 spiro atoms. The van der Waals surface area contributed by atoms with Gasteiger partial charge in [-0.1, -0.05) is 6.08 Å². The van der Waals surface area contributed by atoms with Crippen LogP contribution < -0.4 is 5.84 Å². The molecular formula is C14H21N3O3. The Morgan fingerprint density at radius 1 is 1.35 bits per heavy atom. The molecule has 2 rings (SSSR count). The van der Waals surface area contributed by atoms with E-state index in [0.29, 0.717) is 19.4 Å². The van der Waals surface area contributed by atoms with E-state index >= 15 is 0 Å². The number of allylic oxidation sites excluding steroid dienone is 2. The molecule has 1 amide bonds. The normalized spacial score (nSPS) is 36.2. The molecule has 20 heavy (non-hydrogen) atoms. The van der Waals surface area contributed by atoms with Gasteiger partial charge in [0, 0.05) is 0 Å². The number of carbonyl (C=O) groups excluding carboxylic acids is 1. The summed E-state index contributed by atoms with van der Waals surface area (Å²) in [7, 11) is 1.89. The largest absolute Gasteiger partial charge is 0.504 e. The molecule has 4 N–H and O–H groups in total. The van der Waals surface area contributed by atoms with E-state index < -0.39 is 0 Å². The molecule has 2 aliphatic heterocycles. The maximum Gasteiger partial charge on any atom is 0.253 e. The molecule has 6 nitrogen and oxygen atoms in total. The Morgan fingerprint density at radius 2 is 2.05 bits per heavy atom. The van der Waals surface area contributed by atoms with E-state index in [4.69, 9.17) is 5.84 Å². The summed E-state index contributed by atoms with van der Waals surface area (Å²) in [5, 5.41) is 20.9. The van der Waals surface area contributed by atoms with E-state index in [1.54, 1.807) is 0 Å². The third-order valence-electron chi connectivity index (χ3n) is 3.98. The lowest BCUT2D eigenvalue weighted by atomic mass is 9.95. The van der Waals surface area contributed by atoms with Gasteiger partial charge in [0.05, 0.1) is 18.6 Å². The standard InChI is InChI=1S/C14H21N3O3/c1-3-9-7-13(19)12(18)6-4-5-10-14(20)17(15)8-11(9)16(10)2/h3,6-7,10-11,18-19H,4-5,8,15H2,1-2H3/b9-3-,12-6+,13-7+/t10-,11+/m0/s1. The summed E-state index contributed by atoms with van der Waals surface area (Å²) in [6, 6.07) is -0.410. The maximum atomic E-state index is 12.1. The first kappa shape index (κ1) is 14.6. The predicted molar refractivity (Wildman–Crippen MR) is 75.7 cm³/mol. The van der Waals surface area contributed by atoms with Crippen molar-refractivity contribution < 1.29 is 15.0 Å². The summed E-state index contributed by atoms with van der Waals surface area (Å²) in [6.07, 6.45) is 5.95. The van der Waals surface area contributed by atoms with Gasteiger partial charge in [-0.05, 0) is 44.5 Å². The third-order valence-corrected chi connectivity index (χ3v) is 3.98. The zero-order valence-electron chi connectivity index (χ0n) is 11.8. The summed E-state index contributed by atoms with van der Waals surface area (Å²) in [6.45, 7) is 2.21. The first-order valence-electron chi connectivity index (χ1n) is 6.70. The van der Waals surface area contributed by atoms with Gasteiger partial charge in [0.1, 0.15) is 0 Å². The highest BCUT2D eigenvalue weighted by atomic mass is 16.3. The van der Waals surface area contributed by atoms with Crippen molar-refractivity contribution in [3.63, 3.8) is 0 Å². The van der Waals surface area contributed by atoms with Gasteiger partial charge in [0.2, 0.25) is 0 Å². The summed E-state index contributed by atoms with van der Waals surface area (Å²) in [5.74, 6) is 5.38. The number of carbonyl (C=O) groups is 1. The minimum Gasteiger partial charge on any atom is -0.504 e. The Morgan fingerprint density at radius 3 is 2.70 bits per heavy atom. The lowest BCUT2D eigenvalue weighted by Gasteiger charge is -2.43. The number of aliphatic hydroxyl groups excluding tert-OH is 2. The first-order valence-corrected chi connectivity index (χ1v) is 6.70. The number of nitrogens with zero attached hydrogens (tertiary/aromatic N) is 2. The van der Waals surface area contributed by atoms with Crippen molar-refractivity contribution in [3.8, 4) is 0 Å². The fourth-order valence-electron chi connectivity index (χ4n) is 2.74. The van der Waals surface area contributed by atoms with Gasteiger partial charge in [-0.2, -0.15) is 0 Å². The van der Waals surface area contributed by atoms with E-state index in [0.717, 1.165) is 5.57 Å². The van der Waals surface area contributed by atoms with Crippen molar-refractivity contribution in [2.45, 2.75) is 31.8 Å². The minimum absolute atomic E-state index is 0.0965. The molecular weight excluding hydrogens is 258 g/mol. The minimum atomic E-state index is -0.314. The van der Waals surface area contributed by atoms with Gasteiger partial charge >= 0.3 is 0 Å². The Kier molecular flexibility index (Phi) is 4.15. The van der Waals surface area contributed by atoms with Crippen LogP contribution in [0.1, 0.15) is 19.8 Å². The van der Waals surface area contributed by atoms with E-state index in [1.807, 2.05) is 24.9 Å². The zero-order valence-corrected chi connectivity index (χ0v) is 11.8. The SMILES string of the molecule is C/C=C1/C=C(O)\C(O)=C/CC[C@H]2C(=O)N(N)C[C@H]1N2C. The number of nitrogens with two attached hydrogens (primary N) is 1. The van der Waals surface area contributed by atoms with Crippen molar-refractivity contribution >= 4 is 5.91 Å². The highest BCUT2D eigenvalue weighted by molar-refractivity contribution is 5.82. The van der Waals surface area contributed by atoms with Crippen LogP contribution in [0, 0.1) is 0 Å². The summed E-state index contributed by atoms with van der Waals surface area (Å²) < 4.78 is 0. The Balaban J connectivity index is 2.45. The number of likely N-dealkylation sites (N-methyl/N-ethyl adjacent to an activating group) is 1. The fourth-order valence-corrected chi connectivity index (χ4v) is 2.74. The molecule has 0 aromatic rings. The zero-order chi connectivity index (χ0) is 14.9. The van der Waals surface area contributed by atoms with Gasteiger partial charge in [0.25, 0.3) is 5.91 Å². The number of hydrazine groups is 1. The number of hydrogen-bond donors (Lipinski definition) is 3. The van der Waals surface area contributed by atoms with E-state index in [1.165, 1.54) is 17.2 Å². The Bertz CT molecular complexity index is 496. The Hall–Kier alpha value is -1.79. The van der Waals surface area contributed by atoms with Crippen LogP contribution in [0.2, 0.25) is 0 Å². The second-order valence-electron chi connectivity index (χ2n) is 5.17. The molecule has 6 heteroatoms. The van der Waals surface area contributed by atoms with Crippen LogP contribution in [0.3, 0.4) is 0 Å². The van der Waals surface area contributed by atoms with Crippen LogP contribution in [-0.4, -0.2) is 51.7 Å². The summed E-state index contributed by atoms with van der Waals surface area (Å²) in [5.41, 5.74) is 0.819. The van der Waals surface area contributed by atoms with E-state index in [2.05, 4.69) is 0 Å². The van der Waals surface area contributed by atoms with Gasteiger partial charge in [0.15, 0.2) is 11.5 Å². The number of amides is 1. The molecule has 1 fully saturated rings. The molecule has 0 aromatic carbocycles. The first-order chi connectivity index (χ1) is 9.45. The molecule has 0 radical (unpaired) electrons. The summed E-state index contributed by atoms with van der Waals surface area (Å²) in [4.78, 5) is 14.1. The van der Waals surface area contributed by atoms with Crippen LogP contribution in [0.25, 0.3) is 0 Å². The molecule has 2 aliphatic rings. The molecule has 0 saturated carbocycles. The van der Waals surface area contributed by atoms with Gasteiger partial charge in [-0.3, -0.25) is 14.7 Å². The smallest absolute Gasteiger partial charge is 0.253 e. The van der Waals surface area contributed by atoms with Crippen LogP contribution >= 0.6 is 0 Å². The molecule has 1 saturated heterocycles. The van der Waals surface area contributed by atoms with Crippen molar-refractivity contribution in [1.82, 2.24) is 9.91 Å². The molecule has 0 aromatic heterocycles. The van der Waals surface area contributed by atoms with Crippen LogP contribution in [0.15, 0.2) is 35.3 Å². The second kappa shape index (κ2) is 5.68. The van der Waals surface area contributed by atoms with E-state index in [-0.39, 0.29) is 29.5 Å². The topological polar surface area (TPSA) is 90.0 Å². The fraction of sp³-hybridized carbons (Fsp3) is 0.500.